The summed E-state index contributed by atoms with van der Waals surface area (Å²) >= 11 is 0. The quantitative estimate of drug-likeness (QED) is 0.349. The molecule has 0 aliphatic heterocycles. The van der Waals surface area contributed by atoms with Crippen LogP contribution in [0.1, 0.15) is 29.8 Å². The molecule has 4 rings (SSSR count). The van der Waals surface area contributed by atoms with Crippen molar-refractivity contribution in [1.29, 1.82) is 0 Å². The normalized spacial score (nSPS) is 12.0. The zero-order chi connectivity index (χ0) is 22.8. The third-order valence-corrected chi connectivity index (χ3v) is 10.9. The molecule has 32 heavy (non-hydrogen) atoms. The minimum absolute atomic E-state index is 0.341. The number of carbonyl (C=O) groups is 1. The molecule has 0 saturated heterocycles. The van der Waals surface area contributed by atoms with Gasteiger partial charge in [-0.2, -0.15) is 0 Å². The number of ether oxygens (including phenoxy) is 1. The SMILES string of the molecule is COC(=O)c1cccc2c(CC(C)(C)[Si](O)(c3ccccc3)c3ccccc3)cccc12. The van der Waals surface area contributed by atoms with E-state index in [4.69, 9.17) is 4.74 Å². The zero-order valence-corrected chi connectivity index (χ0v) is 19.7. The van der Waals surface area contributed by atoms with Gasteiger partial charge >= 0.3 is 5.97 Å². The summed E-state index contributed by atoms with van der Waals surface area (Å²) in [5.41, 5.74) is 1.67. The van der Waals surface area contributed by atoms with Crippen molar-refractivity contribution < 1.29 is 14.3 Å². The highest BCUT2D eigenvalue weighted by Crippen LogP contribution is 2.40. The standard InChI is InChI=1S/C28H28O3Si/c1-28(2,32(30,22-13-6-4-7-14-22)23-15-8-5-9-16-23)20-21-12-10-18-25-24(21)17-11-19-26(25)27(29)31-3/h4-19,30H,20H2,1-3H3. The second-order valence-corrected chi connectivity index (χ2v) is 12.7. The van der Waals surface area contributed by atoms with Gasteiger partial charge in [0.25, 0.3) is 8.32 Å². The molecule has 0 atom stereocenters. The molecule has 0 aliphatic rings. The maximum absolute atomic E-state index is 12.5. The Hall–Kier alpha value is -3.21. The molecule has 4 aromatic carbocycles. The first-order valence-corrected chi connectivity index (χ1v) is 12.8. The highest BCUT2D eigenvalue weighted by Gasteiger charge is 2.49. The van der Waals surface area contributed by atoms with Crippen molar-refractivity contribution >= 4 is 35.4 Å². The van der Waals surface area contributed by atoms with Crippen molar-refractivity contribution in [3.8, 4) is 0 Å². The van der Waals surface area contributed by atoms with Crippen molar-refractivity contribution in [2.45, 2.75) is 25.3 Å². The van der Waals surface area contributed by atoms with Gasteiger partial charge in [-0.3, -0.25) is 0 Å². The Balaban J connectivity index is 1.86. The number of esters is 1. The molecule has 0 unspecified atom stereocenters. The largest absolute Gasteiger partial charge is 0.465 e. The van der Waals surface area contributed by atoms with Crippen LogP contribution >= 0.6 is 0 Å². The van der Waals surface area contributed by atoms with E-state index in [1.807, 2.05) is 84.9 Å². The summed E-state index contributed by atoms with van der Waals surface area (Å²) in [6.07, 6.45) is 0.668. The van der Waals surface area contributed by atoms with E-state index in [1.54, 1.807) is 6.07 Å². The lowest BCUT2D eigenvalue weighted by molar-refractivity contribution is 0.0603. The lowest BCUT2D eigenvalue weighted by Crippen LogP contribution is -2.65. The minimum atomic E-state index is -3.13. The van der Waals surface area contributed by atoms with Gasteiger partial charge in [-0.15, -0.1) is 0 Å². The summed E-state index contributed by atoms with van der Waals surface area (Å²) in [6.45, 7) is 4.31. The Kier molecular flexibility index (Phi) is 6.00. The predicted molar refractivity (Wildman–Crippen MR) is 133 cm³/mol. The Bertz CT molecular complexity index is 1190. The molecule has 0 aliphatic carbocycles. The van der Waals surface area contributed by atoms with Crippen molar-refractivity contribution in [3.05, 3.63) is 108 Å². The first-order valence-electron chi connectivity index (χ1n) is 10.8. The number of fused-ring (bicyclic) bond motifs is 1. The molecular weight excluding hydrogens is 412 g/mol. The highest BCUT2D eigenvalue weighted by atomic mass is 28.4. The van der Waals surface area contributed by atoms with Crippen molar-refractivity contribution in [2.24, 2.45) is 0 Å². The Labute approximate surface area is 190 Å². The molecule has 3 nitrogen and oxygen atoms in total. The van der Waals surface area contributed by atoms with E-state index in [2.05, 4.69) is 19.9 Å². The number of methoxy groups -OCH3 is 1. The summed E-state index contributed by atoms with van der Waals surface area (Å²) in [4.78, 5) is 24.8. The van der Waals surface area contributed by atoms with Crippen LogP contribution < -0.4 is 10.4 Å². The number of hydrogen-bond acceptors (Lipinski definition) is 3. The van der Waals surface area contributed by atoms with Crippen LogP contribution in [0.5, 0.6) is 0 Å². The highest BCUT2D eigenvalue weighted by molar-refractivity contribution is 6.98. The second kappa shape index (κ2) is 8.73. The molecule has 0 fully saturated rings. The van der Waals surface area contributed by atoms with Crippen LogP contribution in [0.25, 0.3) is 10.8 Å². The lowest BCUT2D eigenvalue weighted by atomic mass is 9.94. The molecule has 0 saturated carbocycles. The predicted octanol–water partition coefficient (Wildman–Crippen LogP) is 4.70. The second-order valence-electron chi connectivity index (χ2n) is 8.81. The van der Waals surface area contributed by atoms with Gasteiger partial charge in [-0.1, -0.05) is 105 Å². The average Bonchev–Trinajstić information content (AvgIpc) is 2.83. The Morgan fingerprint density at radius 3 is 1.88 bits per heavy atom. The number of benzene rings is 4. The van der Waals surface area contributed by atoms with Crippen molar-refractivity contribution in [3.63, 3.8) is 0 Å². The van der Waals surface area contributed by atoms with Crippen LogP contribution in [0.3, 0.4) is 0 Å². The van der Waals surface area contributed by atoms with Gasteiger partial charge < -0.3 is 9.53 Å². The van der Waals surface area contributed by atoms with E-state index in [9.17, 15) is 9.59 Å². The first-order chi connectivity index (χ1) is 15.4. The molecule has 4 aromatic rings. The van der Waals surface area contributed by atoms with Gasteiger partial charge in [-0.25, -0.2) is 4.79 Å². The van der Waals surface area contributed by atoms with Crippen LogP contribution in [-0.2, 0) is 11.2 Å². The minimum Gasteiger partial charge on any atom is -0.465 e. The molecule has 0 aromatic heterocycles. The van der Waals surface area contributed by atoms with Gasteiger partial charge in [-0.05, 0) is 44.2 Å². The smallest absolute Gasteiger partial charge is 0.338 e. The van der Waals surface area contributed by atoms with Gasteiger partial charge in [0.1, 0.15) is 0 Å². The van der Waals surface area contributed by atoms with E-state index in [1.165, 1.54) is 7.11 Å². The summed E-state index contributed by atoms with van der Waals surface area (Å²) in [5, 5.41) is 3.45. The third-order valence-electron chi connectivity index (χ3n) is 6.41. The fourth-order valence-corrected chi connectivity index (χ4v) is 8.42. The molecule has 1 N–H and O–H groups in total. The van der Waals surface area contributed by atoms with Crippen molar-refractivity contribution in [2.75, 3.05) is 7.11 Å². The Morgan fingerprint density at radius 2 is 1.31 bits per heavy atom. The molecule has 4 heteroatoms. The average molecular weight is 441 g/mol. The van der Waals surface area contributed by atoms with Crippen LogP contribution in [0.15, 0.2) is 97.1 Å². The van der Waals surface area contributed by atoms with Gasteiger partial charge in [0.05, 0.1) is 12.7 Å². The molecule has 0 radical (unpaired) electrons. The molecule has 0 heterocycles. The molecular formula is C28H28O3Si. The number of rotatable bonds is 6. The van der Waals surface area contributed by atoms with Gasteiger partial charge in [0.15, 0.2) is 0 Å². The summed E-state index contributed by atoms with van der Waals surface area (Å²) in [5.74, 6) is -0.341. The molecule has 162 valence electrons. The molecule has 0 spiro atoms. The van der Waals surface area contributed by atoms with E-state index in [0.29, 0.717) is 12.0 Å². The summed E-state index contributed by atoms with van der Waals surface area (Å²) in [7, 11) is -1.73. The topological polar surface area (TPSA) is 46.5 Å². The maximum Gasteiger partial charge on any atom is 0.338 e. The Morgan fingerprint density at radius 1 is 0.781 bits per heavy atom. The van der Waals surface area contributed by atoms with Crippen molar-refractivity contribution in [1.82, 2.24) is 0 Å². The lowest BCUT2D eigenvalue weighted by Gasteiger charge is -2.41. The van der Waals surface area contributed by atoms with Crippen LogP contribution in [0, 0.1) is 0 Å². The first kappa shape index (κ1) is 22.0. The fraction of sp³-hybridized carbons (Fsp3) is 0.179. The van der Waals surface area contributed by atoms with E-state index in [-0.39, 0.29) is 5.97 Å². The van der Waals surface area contributed by atoms with Gasteiger partial charge in [0.2, 0.25) is 0 Å². The fourth-order valence-electron chi connectivity index (χ4n) is 4.73. The third kappa shape index (κ3) is 3.76. The van der Waals surface area contributed by atoms with Gasteiger partial charge in [0, 0.05) is 0 Å². The maximum atomic E-state index is 12.5. The summed E-state index contributed by atoms with van der Waals surface area (Å²) in [6, 6.07) is 31.9. The van der Waals surface area contributed by atoms with E-state index < -0.39 is 13.4 Å². The van der Waals surface area contributed by atoms with Crippen LogP contribution in [0.2, 0.25) is 5.04 Å². The van der Waals surface area contributed by atoms with E-state index in [0.717, 1.165) is 26.7 Å². The molecule has 0 bridgehead atoms. The van der Waals surface area contributed by atoms with E-state index >= 15 is 0 Å². The zero-order valence-electron chi connectivity index (χ0n) is 18.7. The van der Waals surface area contributed by atoms with Crippen LogP contribution in [0.4, 0.5) is 0 Å². The number of hydrogen-bond donors (Lipinski definition) is 1. The summed E-state index contributed by atoms with van der Waals surface area (Å²) < 4.78 is 4.98. The number of carbonyl (C=O) groups excluding carboxylic acids is 1. The molecule has 0 amide bonds. The monoisotopic (exact) mass is 440 g/mol. The van der Waals surface area contributed by atoms with Crippen LogP contribution in [-0.4, -0.2) is 26.2 Å².